The van der Waals surface area contributed by atoms with Crippen LogP contribution < -0.4 is 5.73 Å². The van der Waals surface area contributed by atoms with Gasteiger partial charge in [-0.05, 0) is 43.4 Å². The van der Waals surface area contributed by atoms with Gasteiger partial charge >= 0.3 is 0 Å². The molecule has 0 saturated heterocycles. The van der Waals surface area contributed by atoms with Crippen molar-refractivity contribution >= 4 is 11.7 Å². The van der Waals surface area contributed by atoms with Crippen molar-refractivity contribution < 1.29 is 9.59 Å². The summed E-state index contributed by atoms with van der Waals surface area (Å²) in [5.41, 5.74) is 11.9. The maximum atomic E-state index is 13.5. The Bertz CT molecular complexity index is 1160. The van der Waals surface area contributed by atoms with Gasteiger partial charge in [-0.3, -0.25) is 9.59 Å². The number of H-pyrrole nitrogens is 1. The number of imidazole rings is 1. The van der Waals surface area contributed by atoms with Crippen LogP contribution >= 0.6 is 0 Å². The molecular weight excluding hydrogens is 424 g/mol. The van der Waals surface area contributed by atoms with Crippen LogP contribution in [0.4, 0.5) is 0 Å². The molecule has 0 unspecified atom stereocenters. The molecule has 1 aromatic heterocycles. The summed E-state index contributed by atoms with van der Waals surface area (Å²) in [6.45, 7) is 6.05. The second-order valence-corrected chi connectivity index (χ2v) is 8.91. The molecule has 3 N–H and O–H groups in total. The van der Waals surface area contributed by atoms with E-state index in [-0.39, 0.29) is 24.2 Å². The maximum absolute atomic E-state index is 13.5. The molecule has 1 amide bonds. The molecular formula is C28H32N4O2. The zero-order valence-corrected chi connectivity index (χ0v) is 19.7. The van der Waals surface area contributed by atoms with Crippen molar-refractivity contribution in [2.75, 3.05) is 6.54 Å². The standard InChI is InChI=1S/C28H32N4O2/c1-3-23(33)15-9-10-16-24(29)28(34)32-18-22-14-8-7-13-21(22)17-25(32)27-30-19(2)26(31-27)20-11-5-4-6-12-20/h3-7,9-13,24-25H,1,8,14-18,29H2,2H3,(H,30,31)/t24-,25-/m0/s1. The highest BCUT2D eigenvalue weighted by atomic mass is 16.2. The Morgan fingerprint density at radius 1 is 1.29 bits per heavy atom. The Kier molecular flexibility index (Phi) is 7.38. The Hall–Kier alpha value is -3.51. The van der Waals surface area contributed by atoms with Crippen LogP contribution in [-0.4, -0.2) is 39.1 Å². The SMILES string of the molecule is C=CC(=O)CC=CC[C@H](N)C(=O)N1CC2=C(C=CCC2)C[C@H]1c1nc(-c2ccccc2)c(C)[nH]1. The number of carbonyl (C=O) groups excluding carboxylic acids is 2. The van der Waals surface area contributed by atoms with Gasteiger partial charge in [0, 0.05) is 30.6 Å². The van der Waals surface area contributed by atoms with E-state index in [1.165, 1.54) is 17.2 Å². The topological polar surface area (TPSA) is 92.1 Å². The Morgan fingerprint density at radius 3 is 2.85 bits per heavy atom. The van der Waals surface area contributed by atoms with E-state index in [9.17, 15) is 9.59 Å². The van der Waals surface area contributed by atoms with Crippen LogP contribution in [0.2, 0.25) is 0 Å². The third kappa shape index (κ3) is 5.18. The molecule has 0 radical (unpaired) electrons. The van der Waals surface area contributed by atoms with E-state index < -0.39 is 6.04 Å². The number of hydrogen-bond acceptors (Lipinski definition) is 4. The van der Waals surface area contributed by atoms with Gasteiger partial charge in [0.25, 0.3) is 0 Å². The molecule has 2 aromatic rings. The Morgan fingerprint density at radius 2 is 2.09 bits per heavy atom. The van der Waals surface area contributed by atoms with Crippen molar-refractivity contribution in [1.82, 2.24) is 14.9 Å². The van der Waals surface area contributed by atoms with Gasteiger partial charge in [0.15, 0.2) is 5.78 Å². The highest BCUT2D eigenvalue weighted by Gasteiger charge is 2.36. The number of hydrogen-bond donors (Lipinski definition) is 2. The van der Waals surface area contributed by atoms with Gasteiger partial charge in [-0.1, -0.05) is 61.2 Å². The van der Waals surface area contributed by atoms with E-state index in [1.54, 1.807) is 6.08 Å². The molecule has 1 aliphatic heterocycles. The van der Waals surface area contributed by atoms with Crippen LogP contribution in [0.1, 0.15) is 49.7 Å². The van der Waals surface area contributed by atoms with E-state index in [1.807, 2.05) is 48.2 Å². The van der Waals surface area contributed by atoms with Gasteiger partial charge in [-0.2, -0.15) is 0 Å². The average Bonchev–Trinajstić information content (AvgIpc) is 3.26. The van der Waals surface area contributed by atoms with Crippen molar-refractivity contribution in [2.24, 2.45) is 5.73 Å². The summed E-state index contributed by atoms with van der Waals surface area (Å²) in [5, 5.41) is 0. The number of aromatic nitrogens is 2. The molecule has 0 spiro atoms. The fraction of sp³-hybridized carbons (Fsp3) is 0.321. The van der Waals surface area contributed by atoms with Crippen LogP contribution in [0.3, 0.4) is 0 Å². The smallest absolute Gasteiger partial charge is 0.240 e. The molecule has 34 heavy (non-hydrogen) atoms. The van der Waals surface area contributed by atoms with E-state index in [0.29, 0.717) is 13.0 Å². The number of aryl methyl sites for hydroxylation is 1. The van der Waals surface area contributed by atoms with E-state index >= 15 is 0 Å². The third-order valence-corrected chi connectivity index (χ3v) is 6.51. The van der Waals surface area contributed by atoms with Crippen molar-refractivity contribution in [3.05, 3.63) is 90.0 Å². The van der Waals surface area contributed by atoms with Gasteiger partial charge in [-0.25, -0.2) is 4.98 Å². The molecule has 2 heterocycles. The van der Waals surface area contributed by atoms with Crippen LogP contribution in [0.15, 0.2) is 78.4 Å². The first-order valence-corrected chi connectivity index (χ1v) is 11.8. The van der Waals surface area contributed by atoms with Crippen molar-refractivity contribution in [1.29, 1.82) is 0 Å². The molecule has 176 valence electrons. The third-order valence-electron chi connectivity index (χ3n) is 6.51. The molecule has 0 saturated carbocycles. The van der Waals surface area contributed by atoms with Gasteiger partial charge < -0.3 is 15.6 Å². The van der Waals surface area contributed by atoms with Gasteiger partial charge in [-0.15, -0.1) is 0 Å². The molecule has 2 atom stereocenters. The summed E-state index contributed by atoms with van der Waals surface area (Å²) in [7, 11) is 0. The summed E-state index contributed by atoms with van der Waals surface area (Å²) in [6, 6.07) is 9.19. The van der Waals surface area contributed by atoms with Crippen LogP contribution in [-0.2, 0) is 9.59 Å². The van der Waals surface area contributed by atoms with E-state index in [0.717, 1.165) is 42.0 Å². The molecule has 6 heteroatoms. The highest BCUT2D eigenvalue weighted by Crippen LogP contribution is 2.38. The van der Waals surface area contributed by atoms with Gasteiger partial charge in [0.05, 0.1) is 17.8 Å². The molecule has 4 rings (SSSR count). The number of nitrogens with one attached hydrogen (secondary N) is 1. The number of nitrogens with two attached hydrogens (primary N) is 1. The highest BCUT2D eigenvalue weighted by molar-refractivity contribution is 5.90. The number of amides is 1. The molecule has 1 aromatic carbocycles. The number of allylic oxidation sites excluding steroid dienone is 4. The number of benzene rings is 1. The predicted octanol–water partition coefficient (Wildman–Crippen LogP) is 4.72. The van der Waals surface area contributed by atoms with E-state index in [4.69, 9.17) is 10.7 Å². The molecule has 1 aliphatic carbocycles. The minimum Gasteiger partial charge on any atom is -0.344 e. The lowest BCUT2D eigenvalue weighted by molar-refractivity contribution is -0.135. The molecule has 6 nitrogen and oxygen atoms in total. The monoisotopic (exact) mass is 456 g/mol. The lowest BCUT2D eigenvalue weighted by atomic mass is 9.87. The quantitative estimate of drug-likeness (QED) is 0.444. The maximum Gasteiger partial charge on any atom is 0.240 e. The Labute approximate surface area is 201 Å². The fourth-order valence-corrected chi connectivity index (χ4v) is 4.62. The van der Waals surface area contributed by atoms with Gasteiger partial charge in [0.2, 0.25) is 5.91 Å². The molecule has 0 fully saturated rings. The molecule has 2 aliphatic rings. The first kappa shape index (κ1) is 23.6. The van der Waals surface area contributed by atoms with Crippen molar-refractivity contribution in [3.63, 3.8) is 0 Å². The number of rotatable bonds is 8. The lowest BCUT2D eigenvalue weighted by Crippen LogP contribution is -2.48. The van der Waals surface area contributed by atoms with E-state index in [2.05, 4.69) is 23.7 Å². The summed E-state index contributed by atoms with van der Waals surface area (Å²) < 4.78 is 0. The lowest BCUT2D eigenvalue weighted by Gasteiger charge is -2.39. The minimum absolute atomic E-state index is 0.0560. The normalized spacial score (nSPS) is 18.8. The first-order chi connectivity index (χ1) is 16.5. The van der Waals surface area contributed by atoms with Crippen LogP contribution in [0.5, 0.6) is 0 Å². The summed E-state index contributed by atoms with van der Waals surface area (Å²) in [4.78, 5) is 35.2. The summed E-state index contributed by atoms with van der Waals surface area (Å²) in [5.74, 6) is 0.634. The fourth-order valence-electron chi connectivity index (χ4n) is 4.62. The second kappa shape index (κ2) is 10.6. The van der Waals surface area contributed by atoms with Crippen LogP contribution in [0.25, 0.3) is 11.3 Å². The summed E-state index contributed by atoms with van der Waals surface area (Å²) in [6.07, 6.45) is 12.6. The largest absolute Gasteiger partial charge is 0.344 e. The molecule has 0 bridgehead atoms. The second-order valence-electron chi connectivity index (χ2n) is 8.91. The van der Waals surface area contributed by atoms with Crippen LogP contribution in [0, 0.1) is 6.92 Å². The van der Waals surface area contributed by atoms with Gasteiger partial charge in [0.1, 0.15) is 5.82 Å². The summed E-state index contributed by atoms with van der Waals surface area (Å²) >= 11 is 0. The predicted molar refractivity (Wildman–Crippen MR) is 135 cm³/mol. The van der Waals surface area contributed by atoms with Crippen molar-refractivity contribution in [3.8, 4) is 11.3 Å². The minimum atomic E-state index is -0.677. The Balaban J connectivity index is 1.59. The number of ketones is 1. The number of carbonyl (C=O) groups is 2. The zero-order valence-electron chi connectivity index (χ0n) is 19.7. The average molecular weight is 457 g/mol. The zero-order chi connectivity index (χ0) is 24.1. The number of nitrogens with zero attached hydrogens (tertiary/aromatic N) is 2. The number of aromatic amines is 1. The van der Waals surface area contributed by atoms with Crippen molar-refractivity contribution in [2.45, 2.75) is 51.1 Å². The first-order valence-electron chi connectivity index (χ1n) is 11.8.